The van der Waals surface area contributed by atoms with E-state index in [2.05, 4.69) is 4.74 Å². The monoisotopic (exact) mass is 204 g/mol. The normalized spacial score (nSPS) is 11.4. The predicted octanol–water partition coefficient (Wildman–Crippen LogP) is 1.38. The lowest BCUT2D eigenvalue weighted by Crippen LogP contribution is -2.22. The van der Waals surface area contributed by atoms with Gasteiger partial charge in [0.15, 0.2) is 0 Å². The summed E-state index contributed by atoms with van der Waals surface area (Å²) in [5.74, 6) is -0.248. The molecule has 0 N–H and O–H groups in total. The maximum absolute atomic E-state index is 10.7. The maximum atomic E-state index is 10.7. The van der Waals surface area contributed by atoms with Gasteiger partial charge in [0.25, 0.3) is 0 Å². The number of hydrogen-bond acceptors (Lipinski definition) is 4. The molecule has 0 heterocycles. The minimum atomic E-state index is -0.248. The third-order valence-electron chi connectivity index (χ3n) is 1.44. The highest BCUT2D eigenvalue weighted by Crippen LogP contribution is 2.05. The Balaban J connectivity index is 3.18. The maximum Gasteiger partial charge on any atom is 0.307 e. The Hall–Kier alpha value is -0.610. The van der Waals surface area contributed by atoms with E-state index in [1.165, 1.54) is 7.11 Å². The summed E-state index contributed by atoms with van der Waals surface area (Å²) in [6.45, 7) is 7.41. The topological polar surface area (TPSA) is 44.8 Å². The fourth-order valence-corrected chi connectivity index (χ4v) is 0.766. The van der Waals surface area contributed by atoms with Crippen molar-refractivity contribution in [3.05, 3.63) is 0 Å². The van der Waals surface area contributed by atoms with Crippen molar-refractivity contribution in [1.82, 2.24) is 0 Å². The molecule has 0 aliphatic heterocycles. The number of ether oxygens (including phenoxy) is 3. The van der Waals surface area contributed by atoms with Crippen LogP contribution in [0.1, 0.15) is 27.2 Å². The third-order valence-corrected chi connectivity index (χ3v) is 1.44. The summed E-state index contributed by atoms with van der Waals surface area (Å²) >= 11 is 0. The lowest BCUT2D eigenvalue weighted by Gasteiger charge is -2.19. The third kappa shape index (κ3) is 9.48. The van der Waals surface area contributed by atoms with E-state index in [9.17, 15) is 4.79 Å². The lowest BCUT2D eigenvalue weighted by atomic mass is 10.2. The van der Waals surface area contributed by atoms with E-state index in [0.29, 0.717) is 26.2 Å². The first kappa shape index (κ1) is 13.4. The van der Waals surface area contributed by atoms with E-state index in [-0.39, 0.29) is 11.6 Å². The van der Waals surface area contributed by atoms with Crippen molar-refractivity contribution in [2.24, 2.45) is 0 Å². The zero-order valence-corrected chi connectivity index (χ0v) is 9.46. The van der Waals surface area contributed by atoms with Crippen molar-refractivity contribution in [3.63, 3.8) is 0 Å². The average Bonchev–Trinajstić information content (AvgIpc) is 2.08. The minimum absolute atomic E-state index is 0.133. The molecule has 0 aromatic carbocycles. The molecule has 0 fully saturated rings. The van der Waals surface area contributed by atoms with Gasteiger partial charge in [0.05, 0.1) is 39.0 Å². The van der Waals surface area contributed by atoms with Gasteiger partial charge in [-0.25, -0.2) is 0 Å². The van der Waals surface area contributed by atoms with Gasteiger partial charge in [0.1, 0.15) is 0 Å². The molecular formula is C10H20O4. The van der Waals surface area contributed by atoms with Crippen molar-refractivity contribution >= 4 is 5.97 Å². The molecule has 0 radical (unpaired) electrons. The van der Waals surface area contributed by atoms with Crippen LogP contribution in [0.5, 0.6) is 0 Å². The standard InChI is InChI=1S/C10H20O4/c1-10(2,3)14-8-7-13-6-5-9(11)12-4/h5-8H2,1-4H3. The summed E-state index contributed by atoms with van der Waals surface area (Å²) in [5.41, 5.74) is -0.133. The first-order chi connectivity index (χ1) is 6.45. The first-order valence-electron chi connectivity index (χ1n) is 4.74. The molecule has 0 saturated carbocycles. The highest BCUT2D eigenvalue weighted by molar-refractivity contribution is 5.69. The number of rotatable bonds is 6. The zero-order chi connectivity index (χ0) is 11.0. The smallest absolute Gasteiger partial charge is 0.307 e. The summed E-state index contributed by atoms with van der Waals surface area (Å²) in [6.07, 6.45) is 0.298. The summed E-state index contributed by atoms with van der Waals surface area (Å²) in [7, 11) is 1.37. The Labute approximate surface area is 85.5 Å². The van der Waals surface area contributed by atoms with Gasteiger partial charge in [-0.15, -0.1) is 0 Å². The second kappa shape index (κ2) is 6.79. The van der Waals surface area contributed by atoms with Crippen LogP contribution in [0.3, 0.4) is 0 Å². The van der Waals surface area contributed by atoms with Gasteiger partial charge < -0.3 is 14.2 Å². The van der Waals surface area contributed by atoms with Crippen LogP contribution in [-0.4, -0.2) is 38.5 Å². The molecule has 14 heavy (non-hydrogen) atoms. The second-order valence-corrected chi connectivity index (χ2v) is 3.90. The Morgan fingerprint density at radius 2 is 1.79 bits per heavy atom. The first-order valence-corrected chi connectivity index (χ1v) is 4.74. The van der Waals surface area contributed by atoms with Crippen LogP contribution in [0.15, 0.2) is 0 Å². The van der Waals surface area contributed by atoms with Crippen LogP contribution in [0.4, 0.5) is 0 Å². The largest absolute Gasteiger partial charge is 0.469 e. The molecule has 0 bridgehead atoms. The van der Waals surface area contributed by atoms with E-state index < -0.39 is 0 Å². The molecule has 0 amide bonds. The molecular weight excluding hydrogens is 184 g/mol. The van der Waals surface area contributed by atoms with Gasteiger partial charge >= 0.3 is 5.97 Å². The second-order valence-electron chi connectivity index (χ2n) is 3.90. The number of esters is 1. The number of methoxy groups -OCH3 is 1. The molecule has 0 aliphatic rings. The van der Waals surface area contributed by atoms with E-state index in [1.807, 2.05) is 20.8 Å². The van der Waals surface area contributed by atoms with Gasteiger partial charge in [-0.05, 0) is 20.8 Å². The Morgan fingerprint density at radius 3 is 2.29 bits per heavy atom. The van der Waals surface area contributed by atoms with Gasteiger partial charge in [-0.2, -0.15) is 0 Å². The molecule has 0 saturated heterocycles. The molecule has 0 rings (SSSR count). The summed E-state index contributed by atoms with van der Waals surface area (Å²) in [5, 5.41) is 0. The number of hydrogen-bond donors (Lipinski definition) is 0. The number of carbonyl (C=O) groups is 1. The van der Waals surface area contributed by atoms with Crippen LogP contribution in [0.25, 0.3) is 0 Å². The summed E-state index contributed by atoms with van der Waals surface area (Å²) in [6, 6.07) is 0. The van der Waals surface area contributed by atoms with Crippen molar-refractivity contribution in [2.75, 3.05) is 26.9 Å². The number of carbonyl (C=O) groups excluding carboxylic acids is 1. The van der Waals surface area contributed by atoms with Gasteiger partial charge in [-0.1, -0.05) is 0 Å². The fraction of sp³-hybridized carbons (Fsp3) is 0.900. The molecule has 0 atom stereocenters. The van der Waals surface area contributed by atoms with Crippen molar-refractivity contribution in [2.45, 2.75) is 32.8 Å². The van der Waals surface area contributed by atoms with E-state index in [4.69, 9.17) is 9.47 Å². The highest BCUT2D eigenvalue weighted by atomic mass is 16.5. The van der Waals surface area contributed by atoms with E-state index in [1.54, 1.807) is 0 Å². The van der Waals surface area contributed by atoms with Gasteiger partial charge in [-0.3, -0.25) is 4.79 Å². The molecule has 0 aliphatic carbocycles. The average molecular weight is 204 g/mol. The molecule has 4 nitrogen and oxygen atoms in total. The molecule has 0 aromatic heterocycles. The molecule has 84 valence electrons. The highest BCUT2D eigenvalue weighted by Gasteiger charge is 2.08. The zero-order valence-electron chi connectivity index (χ0n) is 9.46. The molecule has 0 aromatic rings. The van der Waals surface area contributed by atoms with Gasteiger partial charge in [0.2, 0.25) is 0 Å². The van der Waals surface area contributed by atoms with E-state index >= 15 is 0 Å². The van der Waals surface area contributed by atoms with Crippen LogP contribution in [-0.2, 0) is 19.0 Å². The Kier molecular flexibility index (Phi) is 6.49. The summed E-state index contributed by atoms with van der Waals surface area (Å²) in [4.78, 5) is 10.7. The predicted molar refractivity (Wildman–Crippen MR) is 53.2 cm³/mol. The molecule has 0 unspecified atom stereocenters. The Bertz CT molecular complexity index is 160. The van der Waals surface area contributed by atoms with Crippen LogP contribution < -0.4 is 0 Å². The Morgan fingerprint density at radius 1 is 1.14 bits per heavy atom. The van der Waals surface area contributed by atoms with Crippen molar-refractivity contribution < 1.29 is 19.0 Å². The van der Waals surface area contributed by atoms with Crippen molar-refractivity contribution in [1.29, 1.82) is 0 Å². The van der Waals surface area contributed by atoms with E-state index in [0.717, 1.165) is 0 Å². The SMILES string of the molecule is COC(=O)CCOCCOC(C)(C)C. The van der Waals surface area contributed by atoms with Crippen molar-refractivity contribution in [3.8, 4) is 0 Å². The lowest BCUT2D eigenvalue weighted by molar-refractivity contribution is -0.142. The molecule has 0 spiro atoms. The summed E-state index contributed by atoms with van der Waals surface area (Å²) < 4.78 is 15.1. The van der Waals surface area contributed by atoms with Crippen LogP contribution >= 0.6 is 0 Å². The van der Waals surface area contributed by atoms with Crippen LogP contribution in [0, 0.1) is 0 Å². The minimum Gasteiger partial charge on any atom is -0.469 e. The molecule has 4 heteroatoms. The quantitative estimate of drug-likeness (QED) is 0.484. The fourth-order valence-electron chi connectivity index (χ4n) is 0.766. The van der Waals surface area contributed by atoms with Gasteiger partial charge in [0, 0.05) is 0 Å². The van der Waals surface area contributed by atoms with Crippen LogP contribution in [0.2, 0.25) is 0 Å².